The zero-order valence-corrected chi connectivity index (χ0v) is 14.4. The van der Waals surface area contributed by atoms with E-state index in [1.165, 1.54) is 42.6 Å². The van der Waals surface area contributed by atoms with E-state index in [0.717, 1.165) is 12.1 Å². The van der Waals surface area contributed by atoms with Gasteiger partial charge in [0.2, 0.25) is 0 Å². The van der Waals surface area contributed by atoms with E-state index in [1.54, 1.807) is 0 Å². The number of carbonyl (C=O) groups excluding carboxylic acids is 2. The molecule has 0 radical (unpaired) electrons. The second-order valence-corrected chi connectivity index (χ2v) is 5.82. The van der Waals surface area contributed by atoms with Gasteiger partial charge in [-0.1, -0.05) is 12.1 Å². The molecule has 0 saturated heterocycles. The number of benzene rings is 2. The summed E-state index contributed by atoms with van der Waals surface area (Å²) in [4.78, 5) is 28.4. The van der Waals surface area contributed by atoms with Gasteiger partial charge >= 0.3 is 0 Å². The van der Waals surface area contributed by atoms with Crippen molar-refractivity contribution in [1.29, 1.82) is 0 Å². The topological polar surface area (TPSA) is 71.1 Å². The normalized spacial score (nSPS) is 10.4. The third-order valence-corrected chi connectivity index (χ3v) is 3.80. The molecule has 8 heteroatoms. The van der Waals surface area contributed by atoms with Gasteiger partial charge < -0.3 is 10.6 Å². The molecule has 1 heterocycles. The van der Waals surface area contributed by atoms with E-state index in [1.807, 2.05) is 0 Å². The Morgan fingerprint density at radius 2 is 1.57 bits per heavy atom. The summed E-state index contributed by atoms with van der Waals surface area (Å²) in [5, 5.41) is 4.92. The first-order chi connectivity index (χ1) is 13.4. The van der Waals surface area contributed by atoms with E-state index in [9.17, 15) is 22.8 Å². The van der Waals surface area contributed by atoms with E-state index >= 15 is 0 Å². The molecule has 5 nitrogen and oxygen atoms in total. The number of rotatable bonds is 5. The second-order valence-electron chi connectivity index (χ2n) is 5.82. The van der Waals surface area contributed by atoms with E-state index in [-0.39, 0.29) is 29.3 Å². The third-order valence-electron chi connectivity index (χ3n) is 3.80. The molecule has 28 heavy (non-hydrogen) atoms. The molecule has 3 rings (SSSR count). The van der Waals surface area contributed by atoms with E-state index in [2.05, 4.69) is 15.6 Å². The molecule has 2 amide bonds. The van der Waals surface area contributed by atoms with Crippen LogP contribution in [-0.2, 0) is 6.54 Å². The van der Waals surface area contributed by atoms with Gasteiger partial charge in [-0.25, -0.2) is 13.2 Å². The number of anilines is 1. The highest BCUT2D eigenvalue weighted by Crippen LogP contribution is 2.16. The molecule has 0 aliphatic rings. The van der Waals surface area contributed by atoms with Gasteiger partial charge in [0.15, 0.2) is 0 Å². The highest BCUT2D eigenvalue weighted by Gasteiger charge is 2.14. The lowest BCUT2D eigenvalue weighted by Gasteiger charge is -2.08. The van der Waals surface area contributed by atoms with Gasteiger partial charge in [-0.15, -0.1) is 0 Å². The molecule has 0 fully saturated rings. The Morgan fingerprint density at radius 3 is 2.29 bits per heavy atom. The summed E-state index contributed by atoms with van der Waals surface area (Å²) in [7, 11) is 0. The van der Waals surface area contributed by atoms with Crippen molar-refractivity contribution in [3.8, 4) is 0 Å². The Kier molecular flexibility index (Phi) is 5.69. The molecular weight excluding hydrogens is 371 g/mol. The van der Waals surface area contributed by atoms with Crippen LogP contribution in [0.3, 0.4) is 0 Å². The van der Waals surface area contributed by atoms with Crippen molar-refractivity contribution in [2.45, 2.75) is 6.54 Å². The van der Waals surface area contributed by atoms with E-state index < -0.39 is 23.4 Å². The first-order valence-electron chi connectivity index (χ1n) is 8.17. The minimum Gasteiger partial charge on any atom is -0.348 e. The van der Waals surface area contributed by atoms with Crippen LogP contribution in [0.4, 0.5) is 18.9 Å². The van der Waals surface area contributed by atoms with Crippen molar-refractivity contribution in [2.24, 2.45) is 0 Å². The molecule has 0 atom stereocenters. The number of nitrogens with one attached hydrogen (secondary N) is 2. The van der Waals surface area contributed by atoms with Gasteiger partial charge in [0.25, 0.3) is 11.8 Å². The fourth-order valence-electron chi connectivity index (χ4n) is 2.36. The lowest BCUT2D eigenvalue weighted by Crippen LogP contribution is -2.23. The molecule has 2 N–H and O–H groups in total. The minimum atomic E-state index is -0.929. The van der Waals surface area contributed by atoms with Gasteiger partial charge in [-0.3, -0.25) is 14.6 Å². The minimum absolute atomic E-state index is 0.113. The zero-order chi connectivity index (χ0) is 20.1. The summed E-state index contributed by atoms with van der Waals surface area (Å²) in [5.41, 5.74) is 0.549. The van der Waals surface area contributed by atoms with Crippen molar-refractivity contribution in [3.63, 3.8) is 0 Å². The third kappa shape index (κ3) is 4.73. The number of hydrogen-bond donors (Lipinski definition) is 2. The summed E-state index contributed by atoms with van der Waals surface area (Å²) in [6, 6.07) is 11.0. The summed E-state index contributed by atoms with van der Waals surface area (Å²) in [5.74, 6) is -3.29. The molecule has 0 unspecified atom stereocenters. The number of carbonyl (C=O) groups is 2. The molecule has 0 bridgehead atoms. The summed E-state index contributed by atoms with van der Waals surface area (Å²) in [6.07, 6.45) is 1.27. The van der Waals surface area contributed by atoms with E-state index in [0.29, 0.717) is 11.6 Å². The van der Waals surface area contributed by atoms with Gasteiger partial charge in [0.05, 0.1) is 5.69 Å². The second kappa shape index (κ2) is 8.34. The molecule has 0 saturated carbocycles. The van der Waals surface area contributed by atoms with Crippen molar-refractivity contribution in [2.75, 3.05) is 5.32 Å². The first kappa shape index (κ1) is 19.1. The van der Waals surface area contributed by atoms with Gasteiger partial charge in [-0.05, 0) is 42.0 Å². The first-order valence-corrected chi connectivity index (χ1v) is 8.17. The van der Waals surface area contributed by atoms with E-state index in [4.69, 9.17) is 0 Å². The standard InChI is InChI=1S/C20H14F3N3O2/c21-14-3-1-12(2-4-14)11-25-19(27)13-7-8-24-18(9-13)20(28)26-17-6-5-15(22)10-16(17)23/h1-10H,11H2,(H,25,27)(H,26,28). The molecule has 0 aliphatic heterocycles. The van der Waals surface area contributed by atoms with Gasteiger partial charge in [0.1, 0.15) is 23.1 Å². The summed E-state index contributed by atoms with van der Waals surface area (Å²) in [6.45, 7) is 0.170. The van der Waals surface area contributed by atoms with Crippen LogP contribution in [0.25, 0.3) is 0 Å². The van der Waals surface area contributed by atoms with Crippen molar-refractivity contribution >= 4 is 17.5 Å². The number of halogens is 3. The van der Waals surface area contributed by atoms with Crippen LogP contribution in [0, 0.1) is 17.5 Å². The largest absolute Gasteiger partial charge is 0.348 e. The molecule has 3 aromatic rings. The average Bonchev–Trinajstić information content (AvgIpc) is 2.69. The maximum atomic E-state index is 13.7. The zero-order valence-electron chi connectivity index (χ0n) is 14.4. The van der Waals surface area contributed by atoms with Crippen molar-refractivity contribution in [3.05, 3.63) is 95.1 Å². The molecule has 0 spiro atoms. The molecule has 1 aromatic heterocycles. The molecular formula is C20H14F3N3O2. The molecule has 2 aromatic carbocycles. The number of nitrogens with zero attached hydrogens (tertiary/aromatic N) is 1. The van der Waals surface area contributed by atoms with Crippen LogP contribution in [0.2, 0.25) is 0 Å². The fourth-order valence-corrected chi connectivity index (χ4v) is 2.36. The Hall–Kier alpha value is -3.68. The fraction of sp³-hybridized carbons (Fsp3) is 0.0500. The van der Waals surface area contributed by atoms with Crippen LogP contribution < -0.4 is 10.6 Å². The average molecular weight is 385 g/mol. The van der Waals surface area contributed by atoms with Crippen molar-refractivity contribution < 1.29 is 22.8 Å². The van der Waals surface area contributed by atoms with Crippen LogP contribution in [0.5, 0.6) is 0 Å². The summed E-state index contributed by atoms with van der Waals surface area (Å²) < 4.78 is 39.5. The maximum Gasteiger partial charge on any atom is 0.274 e. The highest BCUT2D eigenvalue weighted by atomic mass is 19.1. The van der Waals surface area contributed by atoms with Crippen molar-refractivity contribution in [1.82, 2.24) is 10.3 Å². The highest BCUT2D eigenvalue weighted by molar-refractivity contribution is 6.04. The number of hydrogen-bond acceptors (Lipinski definition) is 3. The Balaban J connectivity index is 1.67. The van der Waals surface area contributed by atoms with Gasteiger partial charge in [-0.2, -0.15) is 0 Å². The molecule has 142 valence electrons. The Morgan fingerprint density at radius 1 is 0.857 bits per heavy atom. The van der Waals surface area contributed by atoms with Crippen LogP contribution >= 0.6 is 0 Å². The lowest BCUT2D eigenvalue weighted by molar-refractivity contribution is 0.0950. The SMILES string of the molecule is O=C(NCc1ccc(F)cc1)c1ccnc(C(=O)Nc2ccc(F)cc2F)c1. The predicted molar refractivity (Wildman–Crippen MR) is 96.1 cm³/mol. The molecule has 0 aliphatic carbocycles. The van der Waals surface area contributed by atoms with Crippen LogP contribution in [0.15, 0.2) is 60.8 Å². The van der Waals surface area contributed by atoms with Crippen LogP contribution in [0.1, 0.15) is 26.4 Å². The number of amides is 2. The smallest absolute Gasteiger partial charge is 0.274 e. The Bertz CT molecular complexity index is 1020. The number of aromatic nitrogens is 1. The Labute approximate surface area is 158 Å². The predicted octanol–water partition coefficient (Wildman–Crippen LogP) is 3.68. The van der Waals surface area contributed by atoms with Gasteiger partial charge in [0, 0.05) is 24.4 Å². The van der Waals surface area contributed by atoms with Crippen LogP contribution in [-0.4, -0.2) is 16.8 Å². The monoisotopic (exact) mass is 385 g/mol. The lowest BCUT2D eigenvalue weighted by atomic mass is 10.2. The maximum absolute atomic E-state index is 13.7. The summed E-state index contributed by atoms with van der Waals surface area (Å²) >= 11 is 0. The quantitative estimate of drug-likeness (QED) is 0.704. The number of pyridine rings is 1.